The maximum Gasteiger partial charge on any atom is 0.170 e. The molecule has 0 bridgehead atoms. The summed E-state index contributed by atoms with van der Waals surface area (Å²) in [7, 11) is 1.77. The molecule has 3 heteroatoms. The van der Waals surface area contributed by atoms with Crippen molar-refractivity contribution in [3.05, 3.63) is 18.0 Å². The SMILES string of the molecule is CC.Cn1ccc(C=O)n1. The summed E-state index contributed by atoms with van der Waals surface area (Å²) in [6.45, 7) is 4.00. The second-order valence-electron chi connectivity index (χ2n) is 1.53. The van der Waals surface area contributed by atoms with E-state index in [0.29, 0.717) is 5.69 Å². The Hall–Kier alpha value is -1.12. The highest BCUT2D eigenvalue weighted by Gasteiger charge is 1.88. The molecule has 0 aliphatic rings. The molecule has 0 aromatic carbocycles. The van der Waals surface area contributed by atoms with Crippen LogP contribution < -0.4 is 0 Å². The average Bonchev–Trinajstić information content (AvgIpc) is 2.40. The molecule has 0 aliphatic heterocycles. The van der Waals surface area contributed by atoms with Crippen LogP contribution in [-0.4, -0.2) is 16.1 Å². The van der Waals surface area contributed by atoms with Crippen molar-refractivity contribution in [3.63, 3.8) is 0 Å². The van der Waals surface area contributed by atoms with E-state index < -0.39 is 0 Å². The molecule has 0 aliphatic carbocycles. The molecule has 0 radical (unpaired) electrons. The summed E-state index contributed by atoms with van der Waals surface area (Å²) in [5.41, 5.74) is 0.479. The number of aromatic nitrogens is 2. The molecular weight excluding hydrogens is 128 g/mol. The Kier molecular flexibility index (Phi) is 4.20. The lowest BCUT2D eigenvalue weighted by molar-refractivity contribution is 0.111. The van der Waals surface area contributed by atoms with Gasteiger partial charge in [0.1, 0.15) is 5.69 Å². The van der Waals surface area contributed by atoms with Crippen LogP contribution >= 0.6 is 0 Å². The van der Waals surface area contributed by atoms with Crippen molar-refractivity contribution in [1.29, 1.82) is 0 Å². The van der Waals surface area contributed by atoms with Gasteiger partial charge in [0.15, 0.2) is 6.29 Å². The van der Waals surface area contributed by atoms with Crippen LogP contribution in [0.3, 0.4) is 0 Å². The normalized spacial score (nSPS) is 7.90. The minimum absolute atomic E-state index is 0.479. The van der Waals surface area contributed by atoms with E-state index in [2.05, 4.69) is 5.10 Å². The quantitative estimate of drug-likeness (QED) is 0.550. The highest BCUT2D eigenvalue weighted by Crippen LogP contribution is 1.86. The molecule has 0 amide bonds. The average molecular weight is 140 g/mol. The number of aldehydes is 1. The Bertz CT molecular complexity index is 193. The molecule has 0 saturated carbocycles. The van der Waals surface area contributed by atoms with Crippen molar-refractivity contribution >= 4 is 6.29 Å². The zero-order chi connectivity index (χ0) is 7.98. The van der Waals surface area contributed by atoms with E-state index in [1.165, 1.54) is 0 Å². The fourth-order valence-corrected chi connectivity index (χ4v) is 0.496. The van der Waals surface area contributed by atoms with Gasteiger partial charge in [-0.25, -0.2) is 0 Å². The maximum atomic E-state index is 9.94. The molecule has 10 heavy (non-hydrogen) atoms. The van der Waals surface area contributed by atoms with Gasteiger partial charge in [0, 0.05) is 13.2 Å². The third kappa shape index (κ3) is 2.44. The highest BCUT2D eigenvalue weighted by molar-refractivity contribution is 5.71. The molecule has 1 aromatic rings. The summed E-state index contributed by atoms with van der Waals surface area (Å²) in [5.74, 6) is 0. The summed E-state index contributed by atoms with van der Waals surface area (Å²) < 4.78 is 1.59. The third-order valence-electron chi connectivity index (χ3n) is 0.855. The minimum atomic E-state index is 0.479. The number of rotatable bonds is 1. The second-order valence-corrected chi connectivity index (χ2v) is 1.53. The zero-order valence-corrected chi connectivity index (χ0v) is 6.53. The van der Waals surface area contributed by atoms with Gasteiger partial charge in [0.2, 0.25) is 0 Å². The molecular formula is C7H12N2O. The molecule has 1 rings (SSSR count). The van der Waals surface area contributed by atoms with Crippen LogP contribution in [-0.2, 0) is 7.05 Å². The maximum absolute atomic E-state index is 9.94. The van der Waals surface area contributed by atoms with Gasteiger partial charge >= 0.3 is 0 Å². The summed E-state index contributed by atoms with van der Waals surface area (Å²) in [5, 5.41) is 3.78. The topological polar surface area (TPSA) is 34.9 Å². The van der Waals surface area contributed by atoms with Gasteiger partial charge < -0.3 is 0 Å². The van der Waals surface area contributed by atoms with Crippen molar-refractivity contribution in [2.75, 3.05) is 0 Å². The second kappa shape index (κ2) is 4.73. The van der Waals surface area contributed by atoms with Gasteiger partial charge in [-0.3, -0.25) is 9.48 Å². The van der Waals surface area contributed by atoms with Crippen molar-refractivity contribution in [1.82, 2.24) is 9.78 Å². The summed E-state index contributed by atoms with van der Waals surface area (Å²) in [6.07, 6.45) is 2.45. The fraction of sp³-hybridized carbons (Fsp3) is 0.429. The Labute approximate surface area is 60.7 Å². The van der Waals surface area contributed by atoms with Crippen LogP contribution in [0.1, 0.15) is 24.3 Å². The monoisotopic (exact) mass is 140 g/mol. The Morgan fingerprint density at radius 1 is 1.60 bits per heavy atom. The summed E-state index contributed by atoms with van der Waals surface area (Å²) in [4.78, 5) is 9.94. The van der Waals surface area contributed by atoms with Crippen molar-refractivity contribution in [3.8, 4) is 0 Å². The largest absolute Gasteiger partial charge is 0.296 e. The molecule has 0 N–H and O–H groups in total. The minimum Gasteiger partial charge on any atom is -0.296 e. The Morgan fingerprint density at radius 3 is 2.40 bits per heavy atom. The molecule has 0 unspecified atom stereocenters. The van der Waals surface area contributed by atoms with E-state index in [1.807, 2.05) is 13.8 Å². The van der Waals surface area contributed by atoms with E-state index in [1.54, 1.807) is 24.0 Å². The lowest BCUT2D eigenvalue weighted by Gasteiger charge is -1.79. The first-order valence-corrected chi connectivity index (χ1v) is 3.28. The number of carbonyl (C=O) groups excluding carboxylic acids is 1. The number of nitrogens with zero attached hydrogens (tertiary/aromatic N) is 2. The molecule has 0 saturated heterocycles. The number of hydrogen-bond acceptors (Lipinski definition) is 2. The van der Waals surface area contributed by atoms with Gasteiger partial charge in [-0.15, -0.1) is 0 Å². The summed E-state index contributed by atoms with van der Waals surface area (Å²) >= 11 is 0. The van der Waals surface area contributed by atoms with E-state index in [4.69, 9.17) is 0 Å². The molecule has 0 atom stereocenters. The first kappa shape index (κ1) is 8.88. The number of carbonyl (C=O) groups is 1. The van der Waals surface area contributed by atoms with Crippen LogP contribution in [0.4, 0.5) is 0 Å². The predicted octanol–water partition coefficient (Wildman–Crippen LogP) is 1.26. The molecule has 3 nitrogen and oxygen atoms in total. The van der Waals surface area contributed by atoms with Crippen LogP contribution in [0.2, 0.25) is 0 Å². The van der Waals surface area contributed by atoms with Gasteiger partial charge in [-0.2, -0.15) is 5.10 Å². The van der Waals surface area contributed by atoms with E-state index in [9.17, 15) is 4.79 Å². The van der Waals surface area contributed by atoms with Crippen LogP contribution in [0, 0.1) is 0 Å². The van der Waals surface area contributed by atoms with Gasteiger partial charge in [-0.05, 0) is 6.07 Å². The highest BCUT2D eigenvalue weighted by atomic mass is 16.1. The van der Waals surface area contributed by atoms with Crippen molar-refractivity contribution in [2.24, 2.45) is 7.05 Å². The molecule has 0 fully saturated rings. The standard InChI is InChI=1S/C5H6N2O.C2H6/c1-7-3-2-5(4-8)6-7;1-2/h2-4H,1H3;1-2H3. The molecule has 1 heterocycles. The number of hydrogen-bond donors (Lipinski definition) is 0. The lowest BCUT2D eigenvalue weighted by Crippen LogP contribution is -1.88. The van der Waals surface area contributed by atoms with Gasteiger partial charge in [-0.1, -0.05) is 13.8 Å². The molecule has 0 spiro atoms. The Morgan fingerprint density at radius 2 is 2.20 bits per heavy atom. The Balaban J connectivity index is 0.000000371. The third-order valence-corrected chi connectivity index (χ3v) is 0.855. The van der Waals surface area contributed by atoms with E-state index in [0.717, 1.165) is 6.29 Å². The first-order chi connectivity index (χ1) is 4.83. The van der Waals surface area contributed by atoms with Gasteiger partial charge in [0.05, 0.1) is 0 Å². The summed E-state index contributed by atoms with van der Waals surface area (Å²) in [6, 6.07) is 1.66. The molecule has 1 aromatic heterocycles. The van der Waals surface area contributed by atoms with E-state index in [-0.39, 0.29) is 0 Å². The number of aryl methyl sites for hydroxylation is 1. The lowest BCUT2D eigenvalue weighted by atomic mass is 10.5. The van der Waals surface area contributed by atoms with Gasteiger partial charge in [0.25, 0.3) is 0 Å². The molecule has 56 valence electrons. The smallest absolute Gasteiger partial charge is 0.170 e. The zero-order valence-electron chi connectivity index (χ0n) is 6.53. The van der Waals surface area contributed by atoms with E-state index >= 15 is 0 Å². The fourth-order valence-electron chi connectivity index (χ4n) is 0.496. The van der Waals surface area contributed by atoms with Crippen LogP contribution in [0.5, 0.6) is 0 Å². The van der Waals surface area contributed by atoms with Crippen LogP contribution in [0.15, 0.2) is 12.3 Å². The predicted molar refractivity (Wildman–Crippen MR) is 39.9 cm³/mol. The van der Waals surface area contributed by atoms with Crippen molar-refractivity contribution in [2.45, 2.75) is 13.8 Å². The first-order valence-electron chi connectivity index (χ1n) is 3.28. The van der Waals surface area contributed by atoms with Crippen molar-refractivity contribution < 1.29 is 4.79 Å². The van der Waals surface area contributed by atoms with Crippen LogP contribution in [0.25, 0.3) is 0 Å².